The highest BCUT2D eigenvalue weighted by molar-refractivity contribution is 5.89. The molecule has 1 fully saturated rings. The van der Waals surface area contributed by atoms with Gasteiger partial charge in [-0.1, -0.05) is 6.42 Å². The first-order valence-corrected chi connectivity index (χ1v) is 7.16. The highest BCUT2D eigenvalue weighted by Crippen LogP contribution is 2.27. The third-order valence-corrected chi connectivity index (χ3v) is 3.76. The Balaban J connectivity index is 1.91. The Morgan fingerprint density at radius 2 is 1.81 bits per heavy atom. The third-order valence-electron chi connectivity index (χ3n) is 3.76. The first-order valence-electron chi connectivity index (χ1n) is 7.16. The number of carboxylic acid groups (broad SMARTS) is 1. The maximum Gasteiger partial charge on any atom is 0.318 e. The number of amides is 2. The normalized spacial score (nSPS) is 21.4. The van der Waals surface area contributed by atoms with Gasteiger partial charge < -0.3 is 21.1 Å². The third kappa shape index (κ3) is 4.37. The van der Waals surface area contributed by atoms with Crippen LogP contribution in [-0.2, 0) is 4.79 Å². The monoisotopic (exact) mass is 291 g/mol. The summed E-state index contributed by atoms with van der Waals surface area (Å²) in [5.74, 6) is -0.947. The van der Waals surface area contributed by atoms with Crippen LogP contribution in [0, 0.1) is 5.92 Å². The Morgan fingerprint density at radius 1 is 1.14 bits per heavy atom. The van der Waals surface area contributed by atoms with Gasteiger partial charge in [-0.2, -0.15) is 0 Å². The molecule has 1 aromatic rings. The van der Waals surface area contributed by atoms with Crippen molar-refractivity contribution in [3.8, 4) is 0 Å². The number of benzene rings is 1. The van der Waals surface area contributed by atoms with E-state index in [1.54, 1.807) is 7.05 Å². The van der Waals surface area contributed by atoms with Crippen LogP contribution in [0.15, 0.2) is 24.3 Å². The zero-order valence-corrected chi connectivity index (χ0v) is 12.1. The van der Waals surface area contributed by atoms with Gasteiger partial charge in [-0.15, -0.1) is 0 Å². The molecular formula is C15H21N3O3. The quantitative estimate of drug-likeness (QED) is 0.686. The van der Waals surface area contributed by atoms with Crippen LogP contribution in [0.25, 0.3) is 0 Å². The molecule has 2 rings (SSSR count). The molecular weight excluding hydrogens is 270 g/mol. The highest BCUT2D eigenvalue weighted by Gasteiger charge is 2.26. The predicted octanol–water partition coefficient (Wildman–Crippen LogP) is 2.49. The second-order valence-corrected chi connectivity index (χ2v) is 5.32. The molecule has 0 aliphatic heterocycles. The van der Waals surface area contributed by atoms with Crippen LogP contribution in [0.3, 0.4) is 0 Å². The lowest BCUT2D eigenvalue weighted by Gasteiger charge is -2.28. The Bertz CT molecular complexity index is 501. The van der Waals surface area contributed by atoms with Gasteiger partial charge in [-0.25, -0.2) is 4.79 Å². The number of hydrogen-bond donors (Lipinski definition) is 4. The average molecular weight is 291 g/mol. The molecule has 1 aromatic carbocycles. The van der Waals surface area contributed by atoms with Gasteiger partial charge in [0.15, 0.2) is 0 Å². The number of carboxylic acids is 1. The molecule has 6 nitrogen and oxygen atoms in total. The number of carbonyl (C=O) groups is 2. The molecule has 1 saturated carbocycles. The van der Waals surface area contributed by atoms with E-state index in [0.717, 1.165) is 24.9 Å². The van der Waals surface area contributed by atoms with E-state index in [-0.39, 0.29) is 18.0 Å². The maximum absolute atomic E-state index is 11.2. The Hall–Kier alpha value is -2.24. The molecule has 0 spiro atoms. The molecule has 21 heavy (non-hydrogen) atoms. The number of aliphatic carboxylic acids is 1. The number of hydrogen-bond acceptors (Lipinski definition) is 3. The molecule has 0 bridgehead atoms. The van der Waals surface area contributed by atoms with Crippen molar-refractivity contribution >= 4 is 23.4 Å². The Kier molecular flexibility index (Phi) is 5.03. The van der Waals surface area contributed by atoms with Crippen LogP contribution in [0.4, 0.5) is 16.2 Å². The van der Waals surface area contributed by atoms with Crippen molar-refractivity contribution in [2.75, 3.05) is 17.7 Å². The zero-order chi connectivity index (χ0) is 15.2. The lowest BCUT2D eigenvalue weighted by atomic mass is 9.85. The molecule has 6 heteroatoms. The Morgan fingerprint density at radius 3 is 2.43 bits per heavy atom. The van der Waals surface area contributed by atoms with E-state index >= 15 is 0 Å². The van der Waals surface area contributed by atoms with Crippen molar-refractivity contribution in [1.29, 1.82) is 0 Å². The van der Waals surface area contributed by atoms with E-state index < -0.39 is 5.97 Å². The molecule has 0 saturated heterocycles. The van der Waals surface area contributed by atoms with Crippen LogP contribution in [0.5, 0.6) is 0 Å². The SMILES string of the molecule is CNC(=O)Nc1ccc(NC2CCCC(C(=O)O)C2)cc1. The summed E-state index contributed by atoms with van der Waals surface area (Å²) in [6.07, 6.45) is 3.35. The van der Waals surface area contributed by atoms with Crippen molar-refractivity contribution in [2.24, 2.45) is 5.92 Å². The minimum atomic E-state index is -0.702. The summed E-state index contributed by atoms with van der Waals surface area (Å²) in [6, 6.07) is 7.33. The van der Waals surface area contributed by atoms with Gasteiger partial charge in [0.1, 0.15) is 0 Å². The molecule has 2 atom stereocenters. The predicted molar refractivity (Wildman–Crippen MR) is 81.5 cm³/mol. The summed E-state index contributed by atoms with van der Waals surface area (Å²) in [7, 11) is 1.56. The molecule has 0 radical (unpaired) electrons. The average Bonchev–Trinajstić information content (AvgIpc) is 2.49. The topological polar surface area (TPSA) is 90.5 Å². The van der Waals surface area contributed by atoms with Crippen LogP contribution in [0.1, 0.15) is 25.7 Å². The molecule has 0 aromatic heterocycles. The Labute approximate surface area is 123 Å². The summed E-state index contributed by atoms with van der Waals surface area (Å²) < 4.78 is 0. The molecule has 0 heterocycles. The fourth-order valence-corrected chi connectivity index (χ4v) is 2.62. The standard InChI is InChI=1S/C15H21N3O3/c1-16-15(21)18-12-7-5-11(6-8-12)17-13-4-2-3-10(9-13)14(19)20/h5-8,10,13,17H,2-4,9H2,1H3,(H,19,20)(H2,16,18,21). The summed E-state index contributed by atoms with van der Waals surface area (Å²) in [5, 5.41) is 17.6. The fourth-order valence-electron chi connectivity index (χ4n) is 2.62. The first-order chi connectivity index (χ1) is 10.1. The van der Waals surface area contributed by atoms with E-state index in [9.17, 15) is 9.59 Å². The van der Waals surface area contributed by atoms with E-state index in [2.05, 4.69) is 16.0 Å². The van der Waals surface area contributed by atoms with Crippen LogP contribution in [0.2, 0.25) is 0 Å². The number of carbonyl (C=O) groups excluding carboxylic acids is 1. The van der Waals surface area contributed by atoms with Crippen molar-refractivity contribution in [2.45, 2.75) is 31.7 Å². The molecule has 4 N–H and O–H groups in total. The smallest absolute Gasteiger partial charge is 0.318 e. The van der Waals surface area contributed by atoms with Gasteiger partial charge in [-0.05, 0) is 43.5 Å². The number of anilines is 2. The fraction of sp³-hybridized carbons (Fsp3) is 0.467. The second kappa shape index (κ2) is 6.97. The summed E-state index contributed by atoms with van der Waals surface area (Å²) in [5.41, 5.74) is 1.65. The number of urea groups is 1. The van der Waals surface area contributed by atoms with E-state index in [0.29, 0.717) is 12.1 Å². The van der Waals surface area contributed by atoms with Crippen LogP contribution < -0.4 is 16.0 Å². The lowest BCUT2D eigenvalue weighted by Crippen LogP contribution is -2.30. The maximum atomic E-state index is 11.2. The van der Waals surface area contributed by atoms with Gasteiger partial charge in [0.2, 0.25) is 0 Å². The summed E-state index contributed by atoms with van der Waals surface area (Å²) >= 11 is 0. The number of nitrogens with one attached hydrogen (secondary N) is 3. The molecule has 1 aliphatic rings. The minimum absolute atomic E-state index is 0.192. The lowest BCUT2D eigenvalue weighted by molar-refractivity contribution is -0.142. The van der Waals surface area contributed by atoms with Gasteiger partial charge in [-0.3, -0.25) is 4.79 Å². The van der Waals surface area contributed by atoms with Crippen LogP contribution >= 0.6 is 0 Å². The van der Waals surface area contributed by atoms with Crippen molar-refractivity contribution in [1.82, 2.24) is 5.32 Å². The minimum Gasteiger partial charge on any atom is -0.481 e. The van der Waals surface area contributed by atoms with E-state index in [1.165, 1.54) is 0 Å². The molecule has 1 aliphatic carbocycles. The van der Waals surface area contributed by atoms with Crippen LogP contribution in [-0.4, -0.2) is 30.2 Å². The van der Waals surface area contributed by atoms with Gasteiger partial charge in [0.05, 0.1) is 5.92 Å². The first kappa shape index (κ1) is 15.2. The number of rotatable bonds is 4. The van der Waals surface area contributed by atoms with Gasteiger partial charge >= 0.3 is 12.0 Å². The van der Waals surface area contributed by atoms with Gasteiger partial charge in [0.25, 0.3) is 0 Å². The summed E-state index contributed by atoms with van der Waals surface area (Å²) in [4.78, 5) is 22.2. The van der Waals surface area contributed by atoms with Crippen molar-refractivity contribution in [3.63, 3.8) is 0 Å². The largest absolute Gasteiger partial charge is 0.481 e. The zero-order valence-electron chi connectivity index (χ0n) is 12.1. The van der Waals surface area contributed by atoms with E-state index in [1.807, 2.05) is 24.3 Å². The molecule has 114 valence electrons. The highest BCUT2D eigenvalue weighted by atomic mass is 16.4. The van der Waals surface area contributed by atoms with Crippen molar-refractivity contribution in [3.05, 3.63) is 24.3 Å². The van der Waals surface area contributed by atoms with Gasteiger partial charge in [0, 0.05) is 24.5 Å². The van der Waals surface area contributed by atoms with E-state index in [4.69, 9.17) is 5.11 Å². The van der Waals surface area contributed by atoms with Crippen molar-refractivity contribution < 1.29 is 14.7 Å². The second-order valence-electron chi connectivity index (χ2n) is 5.32. The summed E-state index contributed by atoms with van der Waals surface area (Å²) in [6.45, 7) is 0. The molecule has 2 unspecified atom stereocenters. The molecule has 2 amide bonds.